The predicted octanol–water partition coefficient (Wildman–Crippen LogP) is 4.78. The summed E-state index contributed by atoms with van der Waals surface area (Å²) >= 11 is 1.54. The number of rotatable bonds is 4. The SMILES string of the molecule is CC(C)Cc1nnc(C2CCCN(C(=O)c3ccccc3C(F)(F)F)C2)s1. The molecule has 0 bridgehead atoms. The molecule has 2 aromatic rings. The van der Waals surface area contributed by atoms with Crippen LogP contribution in [-0.2, 0) is 12.6 Å². The monoisotopic (exact) mass is 397 g/mol. The summed E-state index contributed by atoms with van der Waals surface area (Å²) in [7, 11) is 0. The van der Waals surface area contributed by atoms with Gasteiger partial charge in [-0.3, -0.25) is 4.79 Å². The van der Waals surface area contributed by atoms with E-state index in [9.17, 15) is 18.0 Å². The first-order valence-corrected chi connectivity index (χ1v) is 9.85. The molecule has 0 saturated carbocycles. The Labute approximate surface area is 160 Å². The standard InChI is InChI=1S/C19H22F3N3OS/c1-12(2)10-16-23-24-17(27-16)13-6-5-9-25(11-13)18(26)14-7-3-4-8-15(14)19(20,21)22/h3-4,7-8,12-13H,5-6,9-11H2,1-2H3. The number of carbonyl (C=O) groups is 1. The Morgan fingerprint density at radius 1 is 1.30 bits per heavy atom. The van der Waals surface area contributed by atoms with Crippen LogP contribution in [-0.4, -0.2) is 34.1 Å². The minimum Gasteiger partial charge on any atom is -0.338 e. The zero-order chi connectivity index (χ0) is 19.6. The lowest BCUT2D eigenvalue weighted by Gasteiger charge is -2.32. The second-order valence-electron chi connectivity index (χ2n) is 7.27. The molecule has 1 unspecified atom stereocenters. The van der Waals surface area contributed by atoms with E-state index in [4.69, 9.17) is 0 Å². The molecule has 1 atom stereocenters. The van der Waals surface area contributed by atoms with Gasteiger partial charge in [-0.05, 0) is 30.9 Å². The van der Waals surface area contributed by atoms with E-state index in [2.05, 4.69) is 24.0 Å². The summed E-state index contributed by atoms with van der Waals surface area (Å²) in [4.78, 5) is 14.3. The van der Waals surface area contributed by atoms with Crippen LogP contribution in [0.25, 0.3) is 0 Å². The Kier molecular flexibility index (Phi) is 5.83. The fourth-order valence-corrected chi connectivity index (χ4v) is 4.49. The van der Waals surface area contributed by atoms with Gasteiger partial charge in [0.2, 0.25) is 0 Å². The molecule has 0 radical (unpaired) electrons. The molecule has 3 rings (SSSR count). The summed E-state index contributed by atoms with van der Waals surface area (Å²) in [6.45, 7) is 5.06. The first-order chi connectivity index (χ1) is 12.8. The minimum atomic E-state index is -4.55. The third-order valence-corrected chi connectivity index (χ3v) is 5.69. The van der Waals surface area contributed by atoms with Crippen LogP contribution in [0, 0.1) is 5.92 Å². The van der Waals surface area contributed by atoms with Crippen LogP contribution in [0.4, 0.5) is 13.2 Å². The van der Waals surface area contributed by atoms with Crippen molar-refractivity contribution in [1.82, 2.24) is 15.1 Å². The molecule has 0 aliphatic carbocycles. The number of nitrogens with zero attached hydrogens (tertiary/aromatic N) is 3. The molecule has 0 N–H and O–H groups in total. The Morgan fingerprint density at radius 3 is 2.74 bits per heavy atom. The summed E-state index contributed by atoms with van der Waals surface area (Å²) in [5.74, 6) is -0.0622. The Bertz CT molecular complexity index is 803. The summed E-state index contributed by atoms with van der Waals surface area (Å²) in [5.41, 5.74) is -1.17. The lowest BCUT2D eigenvalue weighted by molar-refractivity contribution is -0.138. The molecule has 146 valence electrons. The van der Waals surface area contributed by atoms with E-state index in [-0.39, 0.29) is 11.5 Å². The molecule has 27 heavy (non-hydrogen) atoms. The average molecular weight is 397 g/mol. The van der Waals surface area contributed by atoms with Crippen LogP contribution in [0.15, 0.2) is 24.3 Å². The number of alkyl halides is 3. The number of hydrogen-bond acceptors (Lipinski definition) is 4. The third-order valence-electron chi connectivity index (χ3n) is 4.59. The first kappa shape index (κ1) is 19.8. The van der Waals surface area contributed by atoms with Crippen molar-refractivity contribution in [3.63, 3.8) is 0 Å². The minimum absolute atomic E-state index is 0.0270. The highest BCUT2D eigenvalue weighted by atomic mass is 32.1. The maximum Gasteiger partial charge on any atom is 0.417 e. The molecule has 1 aromatic heterocycles. The highest BCUT2D eigenvalue weighted by Gasteiger charge is 2.37. The Morgan fingerprint density at radius 2 is 2.04 bits per heavy atom. The van der Waals surface area contributed by atoms with Crippen molar-refractivity contribution >= 4 is 17.2 Å². The topological polar surface area (TPSA) is 46.1 Å². The molecule has 8 heteroatoms. The van der Waals surface area contributed by atoms with Gasteiger partial charge in [-0.15, -0.1) is 21.5 Å². The second-order valence-corrected chi connectivity index (χ2v) is 8.36. The number of hydrogen-bond donors (Lipinski definition) is 0. The third kappa shape index (κ3) is 4.66. The lowest BCUT2D eigenvalue weighted by atomic mass is 9.97. The first-order valence-electron chi connectivity index (χ1n) is 9.03. The quantitative estimate of drug-likeness (QED) is 0.746. The molecule has 1 aromatic carbocycles. The van der Waals surface area contributed by atoms with Crippen molar-refractivity contribution in [2.24, 2.45) is 5.92 Å². The highest BCUT2D eigenvalue weighted by Crippen LogP contribution is 2.34. The number of likely N-dealkylation sites (tertiary alicyclic amines) is 1. The molecule has 1 saturated heterocycles. The number of benzene rings is 1. The fourth-order valence-electron chi connectivity index (χ4n) is 3.31. The predicted molar refractivity (Wildman–Crippen MR) is 97.8 cm³/mol. The van der Waals surface area contributed by atoms with E-state index in [1.54, 1.807) is 11.3 Å². The smallest absolute Gasteiger partial charge is 0.338 e. The second kappa shape index (κ2) is 7.96. The zero-order valence-corrected chi connectivity index (χ0v) is 16.1. The summed E-state index contributed by atoms with van der Waals surface area (Å²) < 4.78 is 39.7. The average Bonchev–Trinajstić information content (AvgIpc) is 3.08. The van der Waals surface area contributed by atoms with Gasteiger partial charge >= 0.3 is 6.18 Å². The normalized spacial score (nSPS) is 18.1. The van der Waals surface area contributed by atoms with Crippen molar-refractivity contribution < 1.29 is 18.0 Å². The molecule has 0 spiro atoms. The van der Waals surface area contributed by atoms with Crippen LogP contribution in [0.3, 0.4) is 0 Å². The van der Waals surface area contributed by atoms with Gasteiger partial charge in [-0.2, -0.15) is 13.2 Å². The number of aromatic nitrogens is 2. The van der Waals surface area contributed by atoms with Gasteiger partial charge in [0.1, 0.15) is 10.0 Å². The summed E-state index contributed by atoms with van der Waals surface area (Å²) in [5, 5.41) is 10.3. The van der Waals surface area contributed by atoms with Crippen molar-refractivity contribution in [2.75, 3.05) is 13.1 Å². The maximum atomic E-state index is 13.2. The van der Waals surface area contributed by atoms with Gasteiger partial charge in [0.25, 0.3) is 5.91 Å². The largest absolute Gasteiger partial charge is 0.417 e. The molecular formula is C19H22F3N3OS. The van der Waals surface area contributed by atoms with Crippen molar-refractivity contribution in [1.29, 1.82) is 0 Å². The van der Waals surface area contributed by atoms with E-state index >= 15 is 0 Å². The molecule has 1 aliphatic heterocycles. The van der Waals surface area contributed by atoms with Crippen LogP contribution in [0.5, 0.6) is 0 Å². The van der Waals surface area contributed by atoms with Gasteiger partial charge in [-0.1, -0.05) is 26.0 Å². The molecular weight excluding hydrogens is 375 g/mol. The van der Waals surface area contributed by atoms with E-state index in [1.165, 1.54) is 23.1 Å². The Hall–Kier alpha value is -1.96. The maximum absolute atomic E-state index is 13.2. The number of amides is 1. The molecule has 1 fully saturated rings. The molecule has 2 heterocycles. The summed E-state index contributed by atoms with van der Waals surface area (Å²) in [6, 6.07) is 4.97. The van der Waals surface area contributed by atoms with Crippen LogP contribution in [0.1, 0.15) is 58.5 Å². The van der Waals surface area contributed by atoms with Gasteiger partial charge in [0, 0.05) is 25.4 Å². The lowest BCUT2D eigenvalue weighted by Crippen LogP contribution is -2.39. The van der Waals surface area contributed by atoms with Gasteiger partial charge in [0.05, 0.1) is 11.1 Å². The van der Waals surface area contributed by atoms with E-state index in [0.29, 0.717) is 19.0 Å². The van der Waals surface area contributed by atoms with E-state index < -0.39 is 17.6 Å². The van der Waals surface area contributed by atoms with Gasteiger partial charge in [0.15, 0.2) is 0 Å². The molecule has 1 aliphatic rings. The fraction of sp³-hybridized carbons (Fsp3) is 0.526. The Balaban J connectivity index is 1.77. The number of halogens is 3. The van der Waals surface area contributed by atoms with Crippen molar-refractivity contribution in [3.05, 3.63) is 45.4 Å². The summed E-state index contributed by atoms with van der Waals surface area (Å²) in [6.07, 6.45) is -2.09. The highest BCUT2D eigenvalue weighted by molar-refractivity contribution is 7.11. The van der Waals surface area contributed by atoms with Crippen LogP contribution < -0.4 is 0 Å². The van der Waals surface area contributed by atoms with Crippen molar-refractivity contribution in [3.8, 4) is 0 Å². The van der Waals surface area contributed by atoms with Gasteiger partial charge < -0.3 is 4.90 Å². The zero-order valence-electron chi connectivity index (χ0n) is 15.3. The van der Waals surface area contributed by atoms with Gasteiger partial charge in [-0.25, -0.2) is 0 Å². The van der Waals surface area contributed by atoms with E-state index in [0.717, 1.165) is 35.3 Å². The van der Waals surface area contributed by atoms with Crippen LogP contribution >= 0.6 is 11.3 Å². The van der Waals surface area contributed by atoms with Crippen LogP contribution in [0.2, 0.25) is 0 Å². The van der Waals surface area contributed by atoms with E-state index in [1.807, 2.05) is 0 Å². The molecule has 1 amide bonds. The number of carbonyl (C=O) groups excluding carboxylic acids is 1. The molecule has 4 nitrogen and oxygen atoms in total. The number of piperidine rings is 1. The van der Waals surface area contributed by atoms with Crippen molar-refractivity contribution in [2.45, 2.75) is 45.2 Å².